The molecule has 0 aromatic heterocycles. The number of unbranched alkanes of at least 4 members (excludes halogenated alkanes) is 1. The molecule has 6 heteroatoms. The predicted molar refractivity (Wildman–Crippen MR) is 141 cm³/mol. The fourth-order valence-corrected chi connectivity index (χ4v) is 8.85. The Hall–Kier alpha value is -3.22. The molecule has 0 amide bonds. The number of nitro benzene ring substituents is 1. The molecule has 0 aliphatic rings. The van der Waals surface area contributed by atoms with Gasteiger partial charge in [0.1, 0.15) is 6.61 Å². The lowest BCUT2D eigenvalue weighted by atomic mass is 10.2. The van der Waals surface area contributed by atoms with E-state index in [0.29, 0.717) is 13.2 Å². The average molecular weight is 476 g/mol. The van der Waals surface area contributed by atoms with Crippen LogP contribution in [0.15, 0.2) is 97.1 Å². The van der Waals surface area contributed by atoms with E-state index in [1.165, 1.54) is 16.4 Å². The first-order chi connectivity index (χ1) is 16.4. The molecule has 3 rings (SSSR count). The van der Waals surface area contributed by atoms with E-state index >= 15 is 0 Å². The average Bonchev–Trinajstić information content (AvgIpc) is 2.83. The van der Waals surface area contributed by atoms with E-state index in [4.69, 9.17) is 9.16 Å². The minimum absolute atomic E-state index is 0.0189. The Morgan fingerprint density at radius 1 is 0.853 bits per heavy atom. The van der Waals surface area contributed by atoms with Crippen molar-refractivity contribution in [3.8, 4) is 5.75 Å². The lowest BCUT2D eigenvalue weighted by molar-refractivity contribution is -0.385. The standard InChI is InChI=1S/C28H33NO4Si/c1-28(2,3)34(24-16-8-6-9-17-24,25-18-10-7-11-19-25)33-23-15-5-4-14-22-32-27-21-13-12-20-26(27)29(30)31/h4,6-14,16-21H,5,15,22-23H2,1-3H3/b14-4+. The van der Waals surface area contributed by atoms with Crippen LogP contribution in [0.4, 0.5) is 5.69 Å². The van der Waals surface area contributed by atoms with E-state index in [1.54, 1.807) is 18.2 Å². The number of hydrogen-bond acceptors (Lipinski definition) is 4. The van der Waals surface area contributed by atoms with Crippen molar-refractivity contribution in [2.24, 2.45) is 0 Å². The normalized spacial score (nSPS) is 12.1. The Labute approximate surface area is 203 Å². The van der Waals surface area contributed by atoms with E-state index in [1.807, 2.05) is 24.3 Å². The molecule has 0 aliphatic heterocycles. The highest BCUT2D eigenvalue weighted by atomic mass is 28.4. The van der Waals surface area contributed by atoms with Crippen molar-refractivity contribution in [1.29, 1.82) is 0 Å². The second-order valence-electron chi connectivity index (χ2n) is 9.16. The van der Waals surface area contributed by atoms with Gasteiger partial charge in [-0.05, 0) is 34.3 Å². The van der Waals surface area contributed by atoms with Crippen LogP contribution in [0.3, 0.4) is 0 Å². The van der Waals surface area contributed by atoms with Crippen molar-refractivity contribution in [3.63, 3.8) is 0 Å². The molecular formula is C28H33NO4Si. The maximum absolute atomic E-state index is 11.1. The maximum Gasteiger partial charge on any atom is 0.310 e. The highest BCUT2D eigenvalue weighted by molar-refractivity contribution is 6.99. The smallest absolute Gasteiger partial charge is 0.310 e. The Kier molecular flexibility index (Phi) is 8.79. The summed E-state index contributed by atoms with van der Waals surface area (Å²) in [7, 11) is -2.50. The molecule has 0 aliphatic carbocycles. The number of para-hydroxylation sites is 2. The molecule has 0 unspecified atom stereocenters. The van der Waals surface area contributed by atoms with Gasteiger partial charge in [-0.2, -0.15) is 0 Å². The van der Waals surface area contributed by atoms with Gasteiger partial charge in [0.05, 0.1) is 4.92 Å². The predicted octanol–water partition coefficient (Wildman–Crippen LogP) is 5.89. The van der Waals surface area contributed by atoms with Crippen LogP contribution in [-0.2, 0) is 4.43 Å². The zero-order valence-corrected chi connectivity index (χ0v) is 21.1. The number of allylic oxidation sites excluding steroid dienone is 1. The summed E-state index contributed by atoms with van der Waals surface area (Å²) in [5.41, 5.74) is -0.0189. The first kappa shape index (κ1) is 25.4. The first-order valence-corrected chi connectivity index (χ1v) is 13.5. The summed E-state index contributed by atoms with van der Waals surface area (Å²) in [4.78, 5) is 10.7. The van der Waals surface area contributed by atoms with E-state index in [0.717, 1.165) is 12.8 Å². The summed E-state index contributed by atoms with van der Waals surface area (Å²) >= 11 is 0. The number of nitro groups is 1. The van der Waals surface area contributed by atoms with E-state index in [2.05, 4.69) is 69.3 Å². The number of hydrogen-bond donors (Lipinski definition) is 0. The molecule has 0 radical (unpaired) electrons. The molecule has 3 aromatic carbocycles. The zero-order valence-electron chi connectivity index (χ0n) is 20.1. The van der Waals surface area contributed by atoms with Gasteiger partial charge in [0.25, 0.3) is 8.32 Å². The minimum atomic E-state index is -2.50. The molecule has 34 heavy (non-hydrogen) atoms. The summed E-state index contributed by atoms with van der Waals surface area (Å²) in [5.74, 6) is 0.284. The van der Waals surface area contributed by atoms with Gasteiger partial charge in [-0.3, -0.25) is 10.1 Å². The molecule has 0 atom stereocenters. The van der Waals surface area contributed by atoms with Crippen LogP contribution in [0.2, 0.25) is 5.04 Å². The molecule has 5 nitrogen and oxygen atoms in total. The molecule has 0 bridgehead atoms. The Morgan fingerprint density at radius 3 is 1.97 bits per heavy atom. The third-order valence-corrected chi connectivity index (χ3v) is 10.9. The van der Waals surface area contributed by atoms with Gasteiger partial charge in [-0.15, -0.1) is 0 Å². The summed E-state index contributed by atoms with van der Waals surface area (Å²) in [5, 5.41) is 13.6. The fourth-order valence-electron chi connectivity index (χ4n) is 4.24. The Morgan fingerprint density at radius 2 is 1.41 bits per heavy atom. The largest absolute Gasteiger partial charge is 0.483 e. The monoisotopic (exact) mass is 475 g/mol. The van der Waals surface area contributed by atoms with E-state index in [9.17, 15) is 10.1 Å². The molecular weight excluding hydrogens is 442 g/mol. The summed E-state index contributed by atoms with van der Waals surface area (Å²) in [6.07, 6.45) is 5.67. The molecule has 0 saturated heterocycles. The highest BCUT2D eigenvalue weighted by Gasteiger charge is 2.49. The van der Waals surface area contributed by atoms with Crippen LogP contribution in [0.25, 0.3) is 0 Å². The lowest BCUT2D eigenvalue weighted by Crippen LogP contribution is -2.66. The van der Waals surface area contributed by atoms with Crippen molar-refractivity contribution in [2.75, 3.05) is 13.2 Å². The number of benzene rings is 3. The van der Waals surface area contributed by atoms with Crippen LogP contribution in [0.1, 0.15) is 33.6 Å². The topological polar surface area (TPSA) is 61.6 Å². The van der Waals surface area contributed by atoms with Gasteiger partial charge < -0.3 is 9.16 Å². The van der Waals surface area contributed by atoms with Gasteiger partial charge in [0, 0.05) is 12.7 Å². The van der Waals surface area contributed by atoms with Crippen LogP contribution in [0.5, 0.6) is 5.75 Å². The number of rotatable bonds is 11. The number of nitrogens with zero attached hydrogens (tertiary/aromatic N) is 1. The van der Waals surface area contributed by atoms with Crippen LogP contribution < -0.4 is 15.1 Å². The SMILES string of the molecule is CC(C)(C)[Si](OCCC/C=C/COc1ccccc1[N+](=O)[O-])(c1ccccc1)c1ccccc1. The molecule has 0 spiro atoms. The van der Waals surface area contributed by atoms with Crippen molar-refractivity contribution >= 4 is 24.4 Å². The lowest BCUT2D eigenvalue weighted by Gasteiger charge is -2.43. The van der Waals surface area contributed by atoms with Crippen molar-refractivity contribution in [1.82, 2.24) is 0 Å². The zero-order chi connectivity index (χ0) is 24.4. The molecule has 3 aromatic rings. The summed E-state index contributed by atoms with van der Waals surface area (Å²) in [6, 6.07) is 27.7. The fraction of sp³-hybridized carbons (Fsp3) is 0.286. The quantitative estimate of drug-likeness (QED) is 0.114. The maximum atomic E-state index is 11.1. The third-order valence-electron chi connectivity index (χ3n) is 5.81. The van der Waals surface area contributed by atoms with Gasteiger partial charge in [-0.1, -0.05) is 106 Å². The Balaban J connectivity index is 1.62. The van der Waals surface area contributed by atoms with Crippen LogP contribution in [0, 0.1) is 10.1 Å². The van der Waals surface area contributed by atoms with E-state index < -0.39 is 13.2 Å². The van der Waals surface area contributed by atoms with Gasteiger partial charge >= 0.3 is 5.69 Å². The molecule has 178 valence electrons. The van der Waals surface area contributed by atoms with Crippen molar-refractivity contribution < 1.29 is 14.1 Å². The summed E-state index contributed by atoms with van der Waals surface area (Å²) in [6.45, 7) is 7.78. The molecule has 0 heterocycles. The Bertz CT molecular complexity index is 1040. The van der Waals surface area contributed by atoms with E-state index in [-0.39, 0.29) is 16.5 Å². The molecule has 0 saturated carbocycles. The van der Waals surface area contributed by atoms with Gasteiger partial charge in [0.15, 0.2) is 5.75 Å². The second kappa shape index (κ2) is 11.8. The summed E-state index contributed by atoms with van der Waals surface area (Å²) < 4.78 is 12.4. The molecule has 0 N–H and O–H groups in total. The minimum Gasteiger partial charge on any atom is -0.483 e. The number of ether oxygens (including phenoxy) is 1. The second-order valence-corrected chi connectivity index (χ2v) is 13.5. The van der Waals surface area contributed by atoms with Crippen molar-refractivity contribution in [3.05, 3.63) is 107 Å². The van der Waals surface area contributed by atoms with Crippen molar-refractivity contribution in [2.45, 2.75) is 38.7 Å². The van der Waals surface area contributed by atoms with Crippen LogP contribution >= 0.6 is 0 Å². The third kappa shape index (κ3) is 6.01. The van der Waals surface area contributed by atoms with Gasteiger partial charge in [0.2, 0.25) is 0 Å². The molecule has 0 fully saturated rings. The van der Waals surface area contributed by atoms with Gasteiger partial charge in [-0.25, -0.2) is 0 Å². The first-order valence-electron chi connectivity index (χ1n) is 11.6. The highest BCUT2D eigenvalue weighted by Crippen LogP contribution is 2.36. The van der Waals surface area contributed by atoms with Crippen LogP contribution in [-0.4, -0.2) is 26.5 Å².